The lowest BCUT2D eigenvalue weighted by Gasteiger charge is -2.11. The summed E-state index contributed by atoms with van der Waals surface area (Å²) in [6.07, 6.45) is 0.814. The van der Waals surface area contributed by atoms with Crippen LogP contribution in [-0.2, 0) is 4.79 Å². The first-order chi connectivity index (χ1) is 9.15. The SMILES string of the molecule is CC(C)CC1C(=O)Nc2cc(-c3ccccc3)nn21. The number of hydrogen-bond acceptors (Lipinski definition) is 2. The van der Waals surface area contributed by atoms with Gasteiger partial charge in [-0.1, -0.05) is 44.2 Å². The van der Waals surface area contributed by atoms with Gasteiger partial charge in [-0.25, -0.2) is 4.68 Å². The molecule has 1 N–H and O–H groups in total. The van der Waals surface area contributed by atoms with Crippen LogP contribution in [0.2, 0.25) is 0 Å². The Hall–Kier alpha value is -2.10. The van der Waals surface area contributed by atoms with Crippen LogP contribution in [0.25, 0.3) is 11.3 Å². The Labute approximate surface area is 112 Å². The third-order valence-corrected chi connectivity index (χ3v) is 3.35. The smallest absolute Gasteiger partial charge is 0.250 e. The second kappa shape index (κ2) is 4.53. The monoisotopic (exact) mass is 255 g/mol. The summed E-state index contributed by atoms with van der Waals surface area (Å²) in [4.78, 5) is 11.9. The molecule has 0 saturated heterocycles. The number of anilines is 1. The summed E-state index contributed by atoms with van der Waals surface area (Å²) in [6, 6.07) is 11.8. The maximum absolute atomic E-state index is 11.9. The highest BCUT2D eigenvalue weighted by atomic mass is 16.2. The maximum Gasteiger partial charge on any atom is 0.250 e. The van der Waals surface area contributed by atoms with Crippen LogP contribution >= 0.6 is 0 Å². The molecule has 1 atom stereocenters. The second-order valence-corrected chi connectivity index (χ2v) is 5.36. The van der Waals surface area contributed by atoms with Crippen LogP contribution in [0.4, 0.5) is 5.82 Å². The summed E-state index contributed by atoms with van der Waals surface area (Å²) in [5, 5.41) is 7.48. The van der Waals surface area contributed by atoms with E-state index in [-0.39, 0.29) is 11.9 Å². The molecule has 98 valence electrons. The molecule has 0 bridgehead atoms. The van der Waals surface area contributed by atoms with E-state index in [2.05, 4.69) is 24.3 Å². The largest absolute Gasteiger partial charge is 0.309 e. The molecule has 1 aromatic heterocycles. The van der Waals surface area contributed by atoms with Crippen molar-refractivity contribution in [2.45, 2.75) is 26.3 Å². The molecule has 2 aromatic rings. The average molecular weight is 255 g/mol. The summed E-state index contributed by atoms with van der Waals surface area (Å²) in [7, 11) is 0. The zero-order chi connectivity index (χ0) is 13.4. The number of benzene rings is 1. The molecule has 1 amide bonds. The molecule has 4 heteroatoms. The quantitative estimate of drug-likeness (QED) is 0.916. The highest BCUT2D eigenvalue weighted by Crippen LogP contribution is 2.32. The van der Waals surface area contributed by atoms with Crippen LogP contribution in [0.5, 0.6) is 0 Å². The van der Waals surface area contributed by atoms with E-state index < -0.39 is 0 Å². The van der Waals surface area contributed by atoms with Crippen LogP contribution in [0.1, 0.15) is 26.3 Å². The van der Waals surface area contributed by atoms with Crippen LogP contribution in [-0.4, -0.2) is 15.7 Å². The van der Waals surface area contributed by atoms with E-state index in [4.69, 9.17) is 0 Å². The van der Waals surface area contributed by atoms with Crippen LogP contribution in [0, 0.1) is 5.92 Å². The highest BCUT2D eigenvalue weighted by Gasteiger charge is 2.32. The van der Waals surface area contributed by atoms with Crippen LogP contribution < -0.4 is 5.32 Å². The molecule has 0 fully saturated rings. The molecular weight excluding hydrogens is 238 g/mol. The molecule has 2 heterocycles. The lowest BCUT2D eigenvalue weighted by Crippen LogP contribution is -2.18. The van der Waals surface area contributed by atoms with Gasteiger partial charge in [0.1, 0.15) is 11.9 Å². The first-order valence-electron chi connectivity index (χ1n) is 6.61. The minimum absolute atomic E-state index is 0.0517. The Balaban J connectivity index is 1.95. The Morgan fingerprint density at radius 1 is 1.32 bits per heavy atom. The first-order valence-corrected chi connectivity index (χ1v) is 6.61. The number of carbonyl (C=O) groups is 1. The Morgan fingerprint density at radius 2 is 2.05 bits per heavy atom. The molecule has 0 radical (unpaired) electrons. The standard InChI is InChI=1S/C15H17N3O/c1-10(2)8-13-15(19)16-14-9-12(17-18(13)14)11-6-4-3-5-7-11/h3-7,9-10,13H,8H2,1-2H3,(H,16,19). The van der Waals surface area contributed by atoms with Crippen molar-refractivity contribution in [3.8, 4) is 11.3 Å². The van der Waals surface area contributed by atoms with E-state index in [0.717, 1.165) is 23.5 Å². The van der Waals surface area contributed by atoms with Crippen molar-refractivity contribution in [2.75, 3.05) is 5.32 Å². The predicted octanol–water partition coefficient (Wildman–Crippen LogP) is 3.09. The molecule has 1 aromatic carbocycles. The number of nitrogens with zero attached hydrogens (tertiary/aromatic N) is 2. The number of amides is 1. The number of fused-ring (bicyclic) bond motifs is 1. The van der Waals surface area contributed by atoms with Crippen molar-refractivity contribution in [1.82, 2.24) is 9.78 Å². The molecule has 0 spiro atoms. The van der Waals surface area contributed by atoms with E-state index in [0.29, 0.717) is 5.92 Å². The van der Waals surface area contributed by atoms with Crippen molar-refractivity contribution in [3.63, 3.8) is 0 Å². The minimum atomic E-state index is -0.174. The number of hydrogen-bond donors (Lipinski definition) is 1. The third-order valence-electron chi connectivity index (χ3n) is 3.35. The minimum Gasteiger partial charge on any atom is -0.309 e. The Kier molecular flexibility index (Phi) is 2.85. The van der Waals surface area contributed by atoms with Crippen LogP contribution in [0.3, 0.4) is 0 Å². The van der Waals surface area contributed by atoms with Crippen molar-refractivity contribution in [1.29, 1.82) is 0 Å². The summed E-state index contributed by atoms with van der Waals surface area (Å²) in [5.41, 5.74) is 1.98. The molecule has 0 saturated carbocycles. The molecular formula is C15H17N3O. The maximum atomic E-state index is 11.9. The molecule has 1 aliphatic rings. The van der Waals surface area contributed by atoms with Gasteiger partial charge in [0.25, 0.3) is 0 Å². The fourth-order valence-corrected chi connectivity index (χ4v) is 2.45. The van der Waals surface area contributed by atoms with E-state index >= 15 is 0 Å². The predicted molar refractivity (Wildman–Crippen MR) is 74.8 cm³/mol. The molecule has 3 rings (SSSR count). The van der Waals surface area contributed by atoms with Gasteiger partial charge in [-0.15, -0.1) is 0 Å². The molecule has 1 unspecified atom stereocenters. The topological polar surface area (TPSA) is 46.9 Å². The van der Waals surface area contributed by atoms with E-state index in [9.17, 15) is 4.79 Å². The number of aromatic nitrogens is 2. The van der Waals surface area contributed by atoms with Crippen LogP contribution in [0.15, 0.2) is 36.4 Å². The Morgan fingerprint density at radius 3 is 2.74 bits per heavy atom. The fourth-order valence-electron chi connectivity index (χ4n) is 2.45. The van der Waals surface area contributed by atoms with Gasteiger partial charge >= 0.3 is 0 Å². The van der Waals surface area contributed by atoms with E-state index in [1.807, 2.05) is 41.1 Å². The molecule has 0 aliphatic carbocycles. The van der Waals surface area contributed by atoms with Gasteiger partial charge in [-0.05, 0) is 12.3 Å². The number of rotatable bonds is 3. The molecule has 1 aliphatic heterocycles. The Bertz CT molecular complexity index is 601. The second-order valence-electron chi connectivity index (χ2n) is 5.36. The lowest BCUT2D eigenvalue weighted by molar-refractivity contribution is -0.118. The number of carbonyl (C=O) groups excluding carboxylic acids is 1. The average Bonchev–Trinajstić information content (AvgIpc) is 2.90. The van der Waals surface area contributed by atoms with Crippen molar-refractivity contribution in [3.05, 3.63) is 36.4 Å². The highest BCUT2D eigenvalue weighted by molar-refractivity contribution is 5.97. The summed E-state index contributed by atoms with van der Waals surface area (Å²) in [5.74, 6) is 1.32. The lowest BCUT2D eigenvalue weighted by atomic mass is 10.0. The van der Waals surface area contributed by atoms with E-state index in [1.165, 1.54) is 0 Å². The van der Waals surface area contributed by atoms with Gasteiger partial charge < -0.3 is 5.32 Å². The zero-order valence-corrected chi connectivity index (χ0v) is 11.1. The molecule has 4 nitrogen and oxygen atoms in total. The first kappa shape index (κ1) is 12.0. The normalized spacial score (nSPS) is 17.6. The van der Waals surface area contributed by atoms with Gasteiger partial charge in [-0.2, -0.15) is 5.10 Å². The summed E-state index contributed by atoms with van der Waals surface area (Å²) in [6.45, 7) is 4.24. The van der Waals surface area contributed by atoms with E-state index in [1.54, 1.807) is 0 Å². The van der Waals surface area contributed by atoms with Crippen molar-refractivity contribution >= 4 is 11.7 Å². The van der Waals surface area contributed by atoms with Gasteiger partial charge in [0, 0.05) is 11.6 Å². The fraction of sp³-hybridized carbons (Fsp3) is 0.333. The van der Waals surface area contributed by atoms with Gasteiger partial charge in [0.05, 0.1) is 5.69 Å². The molecule has 19 heavy (non-hydrogen) atoms. The summed E-state index contributed by atoms with van der Waals surface area (Å²) >= 11 is 0. The van der Waals surface area contributed by atoms with Crippen molar-refractivity contribution in [2.24, 2.45) is 5.92 Å². The third kappa shape index (κ3) is 2.14. The van der Waals surface area contributed by atoms with Gasteiger partial charge in [0.2, 0.25) is 5.91 Å². The van der Waals surface area contributed by atoms with Gasteiger partial charge in [0.15, 0.2) is 0 Å². The zero-order valence-electron chi connectivity index (χ0n) is 11.1. The number of nitrogens with one attached hydrogen (secondary N) is 1. The van der Waals surface area contributed by atoms with Crippen molar-refractivity contribution < 1.29 is 4.79 Å². The summed E-state index contributed by atoms with van der Waals surface area (Å²) < 4.78 is 1.82. The van der Waals surface area contributed by atoms with Gasteiger partial charge in [-0.3, -0.25) is 4.79 Å².